The molecule has 3 rings (SSSR count). The highest BCUT2D eigenvalue weighted by atomic mass is 16.2. The second-order valence-corrected chi connectivity index (χ2v) is 6.01. The Balaban J connectivity index is 1.63. The molecule has 7 nitrogen and oxygen atoms in total. The van der Waals surface area contributed by atoms with Gasteiger partial charge in [0.15, 0.2) is 5.78 Å². The molecule has 2 aromatic heterocycles. The average molecular weight is 327 g/mol. The number of aromatic amines is 1. The van der Waals surface area contributed by atoms with E-state index < -0.39 is 0 Å². The zero-order valence-corrected chi connectivity index (χ0v) is 13.9. The third kappa shape index (κ3) is 3.62. The molecule has 0 spiro atoms. The molecule has 1 aliphatic rings. The topological polar surface area (TPSA) is 81.3 Å². The van der Waals surface area contributed by atoms with E-state index in [1.54, 1.807) is 12.3 Å². The maximum Gasteiger partial charge on any atom is 0.272 e. The van der Waals surface area contributed by atoms with Gasteiger partial charge in [0, 0.05) is 37.9 Å². The van der Waals surface area contributed by atoms with Gasteiger partial charge in [-0.05, 0) is 32.2 Å². The molecule has 0 aliphatic carbocycles. The summed E-state index contributed by atoms with van der Waals surface area (Å²) in [4.78, 5) is 35.2. The summed E-state index contributed by atoms with van der Waals surface area (Å²) in [6.07, 6.45) is 3.19. The number of aromatic nitrogens is 2. The van der Waals surface area contributed by atoms with E-state index in [2.05, 4.69) is 32.1 Å². The lowest BCUT2D eigenvalue weighted by atomic mass is 10.2. The Kier molecular flexibility index (Phi) is 4.61. The van der Waals surface area contributed by atoms with Crippen LogP contribution in [0.15, 0.2) is 30.6 Å². The first-order valence-electron chi connectivity index (χ1n) is 7.93. The van der Waals surface area contributed by atoms with Gasteiger partial charge in [-0.15, -0.1) is 0 Å². The smallest absolute Gasteiger partial charge is 0.272 e. The molecule has 1 saturated heterocycles. The number of pyridine rings is 1. The highest BCUT2D eigenvalue weighted by Gasteiger charge is 2.15. The highest BCUT2D eigenvalue weighted by molar-refractivity contribution is 6.05. The van der Waals surface area contributed by atoms with E-state index in [-0.39, 0.29) is 11.7 Å². The largest absolute Gasteiger partial charge is 0.356 e. The Morgan fingerprint density at radius 2 is 1.96 bits per heavy atom. The maximum atomic E-state index is 12.2. The molecular formula is C17H21N5O2. The summed E-state index contributed by atoms with van der Waals surface area (Å²) < 4.78 is 0. The number of anilines is 2. The lowest BCUT2D eigenvalue weighted by molar-refractivity contribution is 0.101. The van der Waals surface area contributed by atoms with E-state index in [9.17, 15) is 9.59 Å². The van der Waals surface area contributed by atoms with E-state index in [1.165, 1.54) is 13.1 Å². The van der Waals surface area contributed by atoms with Gasteiger partial charge in [-0.1, -0.05) is 0 Å². The quantitative estimate of drug-likeness (QED) is 0.834. The average Bonchev–Trinajstić information content (AvgIpc) is 3.07. The molecule has 0 saturated carbocycles. The normalized spacial score (nSPS) is 15.3. The fourth-order valence-electron chi connectivity index (χ4n) is 2.61. The molecule has 0 unspecified atom stereocenters. The van der Waals surface area contributed by atoms with Crippen LogP contribution in [-0.4, -0.2) is 59.8 Å². The number of carbonyl (C=O) groups is 2. The first-order chi connectivity index (χ1) is 11.5. The van der Waals surface area contributed by atoms with Crippen molar-refractivity contribution < 1.29 is 9.59 Å². The standard InChI is InChI=1S/C17H21N5O2/c1-12(23)13-9-15(18-10-13)17(24)20-14-3-4-16(19-11-14)22-7-5-21(2)6-8-22/h3-4,9-11,18H,5-8H2,1-2H3,(H,20,24). The highest BCUT2D eigenvalue weighted by Crippen LogP contribution is 2.16. The number of hydrogen-bond donors (Lipinski definition) is 2. The molecule has 1 fully saturated rings. The van der Waals surface area contributed by atoms with Gasteiger partial charge in [0.2, 0.25) is 0 Å². The number of amides is 1. The Bertz CT molecular complexity index is 730. The monoisotopic (exact) mass is 327 g/mol. The number of piperazine rings is 1. The fourth-order valence-corrected chi connectivity index (χ4v) is 2.61. The SMILES string of the molecule is CC(=O)c1c[nH]c(C(=O)Nc2ccc(N3CCN(C)CC3)nc2)c1. The number of likely N-dealkylation sites (N-methyl/N-ethyl adjacent to an activating group) is 1. The van der Waals surface area contributed by atoms with Crippen molar-refractivity contribution in [3.05, 3.63) is 41.9 Å². The molecule has 126 valence electrons. The number of nitrogens with zero attached hydrogens (tertiary/aromatic N) is 3. The zero-order valence-electron chi connectivity index (χ0n) is 13.9. The minimum absolute atomic E-state index is 0.0801. The zero-order chi connectivity index (χ0) is 17.1. The second-order valence-electron chi connectivity index (χ2n) is 6.01. The van der Waals surface area contributed by atoms with Crippen molar-refractivity contribution in [2.45, 2.75) is 6.92 Å². The van der Waals surface area contributed by atoms with Gasteiger partial charge in [0.05, 0.1) is 11.9 Å². The van der Waals surface area contributed by atoms with Gasteiger partial charge in [-0.25, -0.2) is 4.98 Å². The molecule has 0 atom stereocenters. The van der Waals surface area contributed by atoms with Crippen molar-refractivity contribution in [3.8, 4) is 0 Å². The number of hydrogen-bond acceptors (Lipinski definition) is 5. The van der Waals surface area contributed by atoms with Crippen molar-refractivity contribution in [2.24, 2.45) is 0 Å². The van der Waals surface area contributed by atoms with E-state index >= 15 is 0 Å². The number of carbonyl (C=O) groups excluding carboxylic acids is 2. The molecule has 0 radical (unpaired) electrons. The Morgan fingerprint density at radius 1 is 1.21 bits per heavy atom. The summed E-state index contributed by atoms with van der Waals surface area (Å²) in [6, 6.07) is 5.30. The van der Waals surface area contributed by atoms with E-state index in [4.69, 9.17) is 0 Å². The number of H-pyrrole nitrogens is 1. The van der Waals surface area contributed by atoms with Crippen LogP contribution >= 0.6 is 0 Å². The summed E-state index contributed by atoms with van der Waals surface area (Å²) in [5.74, 6) is 0.542. The first kappa shape index (κ1) is 16.2. The molecule has 0 aromatic carbocycles. The van der Waals surface area contributed by atoms with Crippen molar-refractivity contribution in [1.82, 2.24) is 14.9 Å². The van der Waals surface area contributed by atoms with Gasteiger partial charge in [0.25, 0.3) is 5.91 Å². The van der Waals surface area contributed by atoms with Gasteiger partial charge >= 0.3 is 0 Å². The molecule has 24 heavy (non-hydrogen) atoms. The summed E-state index contributed by atoms with van der Waals surface area (Å²) >= 11 is 0. The van der Waals surface area contributed by atoms with Crippen LogP contribution in [0.5, 0.6) is 0 Å². The number of nitrogens with one attached hydrogen (secondary N) is 2. The maximum absolute atomic E-state index is 12.2. The van der Waals surface area contributed by atoms with Gasteiger partial charge in [-0.2, -0.15) is 0 Å². The number of ketones is 1. The molecule has 7 heteroatoms. The van der Waals surface area contributed by atoms with Gasteiger partial charge < -0.3 is 20.1 Å². The molecule has 0 bridgehead atoms. The summed E-state index contributed by atoms with van der Waals surface area (Å²) in [5.41, 5.74) is 1.46. The van der Waals surface area contributed by atoms with Crippen LogP contribution in [0.3, 0.4) is 0 Å². The first-order valence-corrected chi connectivity index (χ1v) is 7.93. The van der Waals surface area contributed by atoms with Gasteiger partial charge in [-0.3, -0.25) is 9.59 Å². The van der Waals surface area contributed by atoms with Crippen molar-refractivity contribution in [1.29, 1.82) is 0 Å². The van der Waals surface area contributed by atoms with Crippen LogP contribution in [0.2, 0.25) is 0 Å². The van der Waals surface area contributed by atoms with Crippen LogP contribution in [0, 0.1) is 0 Å². The Hall–Kier alpha value is -2.67. The lowest BCUT2D eigenvalue weighted by Crippen LogP contribution is -2.44. The Morgan fingerprint density at radius 3 is 2.54 bits per heavy atom. The fraction of sp³-hybridized carbons (Fsp3) is 0.353. The van der Waals surface area contributed by atoms with Crippen LogP contribution in [0.1, 0.15) is 27.8 Å². The lowest BCUT2D eigenvalue weighted by Gasteiger charge is -2.33. The van der Waals surface area contributed by atoms with E-state index in [0.29, 0.717) is 16.9 Å². The predicted octanol–water partition coefficient (Wildman–Crippen LogP) is 1.62. The minimum Gasteiger partial charge on any atom is -0.356 e. The minimum atomic E-state index is -0.295. The molecular weight excluding hydrogens is 306 g/mol. The summed E-state index contributed by atoms with van der Waals surface area (Å²) in [5, 5.41) is 2.78. The van der Waals surface area contributed by atoms with Crippen LogP contribution in [0.25, 0.3) is 0 Å². The summed E-state index contributed by atoms with van der Waals surface area (Å²) in [7, 11) is 2.11. The van der Waals surface area contributed by atoms with Crippen LogP contribution in [0.4, 0.5) is 11.5 Å². The predicted molar refractivity (Wildman–Crippen MR) is 92.7 cm³/mol. The van der Waals surface area contributed by atoms with Crippen molar-refractivity contribution >= 4 is 23.2 Å². The van der Waals surface area contributed by atoms with Gasteiger partial charge in [0.1, 0.15) is 11.5 Å². The Labute approximate surface area is 140 Å². The van der Waals surface area contributed by atoms with E-state index in [1.807, 2.05) is 12.1 Å². The van der Waals surface area contributed by atoms with Crippen LogP contribution < -0.4 is 10.2 Å². The second kappa shape index (κ2) is 6.84. The van der Waals surface area contributed by atoms with Crippen LogP contribution in [-0.2, 0) is 0 Å². The van der Waals surface area contributed by atoms with E-state index in [0.717, 1.165) is 32.0 Å². The van der Waals surface area contributed by atoms with Crippen molar-refractivity contribution in [2.75, 3.05) is 43.4 Å². The molecule has 1 amide bonds. The number of Topliss-reactive ketones (excluding diaryl/α,β-unsaturated/α-hetero) is 1. The third-order valence-electron chi connectivity index (χ3n) is 4.17. The molecule has 3 heterocycles. The van der Waals surface area contributed by atoms with Crippen molar-refractivity contribution in [3.63, 3.8) is 0 Å². The molecule has 1 aliphatic heterocycles. The number of rotatable bonds is 4. The summed E-state index contributed by atoms with van der Waals surface area (Å²) in [6.45, 7) is 5.40. The molecule has 2 N–H and O–H groups in total. The third-order valence-corrected chi connectivity index (χ3v) is 4.17. The molecule has 2 aromatic rings.